The van der Waals surface area contributed by atoms with E-state index in [0.717, 1.165) is 14.2 Å². The molecule has 0 bridgehead atoms. The van der Waals surface area contributed by atoms with E-state index in [1.165, 1.54) is 0 Å². The third-order valence-corrected chi connectivity index (χ3v) is 5.03. The average molecular weight is 262 g/mol. The summed E-state index contributed by atoms with van der Waals surface area (Å²) in [6.07, 6.45) is -2.99. The van der Waals surface area contributed by atoms with Crippen LogP contribution in [0.4, 0.5) is 4.39 Å². The molecule has 2 unspecified atom stereocenters. The molecular formula is C6H12FO6PS. The Hall–Kier alpha value is -0.0100. The number of phosphoric ester groups is 1. The molecule has 6 nitrogen and oxygen atoms in total. The minimum atomic E-state index is -3.83. The SMILES string of the molecule is COP(=O)(OC)OC1CS(=O)(=O)CC1F. The first-order valence-electron chi connectivity index (χ1n) is 4.06. The van der Waals surface area contributed by atoms with Gasteiger partial charge in [-0.3, -0.25) is 13.6 Å². The molecule has 1 aliphatic rings. The normalized spacial score (nSPS) is 30.6. The molecular weight excluding hydrogens is 250 g/mol. The Morgan fingerprint density at radius 1 is 1.27 bits per heavy atom. The number of halogens is 1. The summed E-state index contributed by atoms with van der Waals surface area (Å²) in [5.74, 6) is -1.13. The number of sulfone groups is 1. The van der Waals surface area contributed by atoms with E-state index < -0.39 is 41.4 Å². The van der Waals surface area contributed by atoms with Gasteiger partial charge < -0.3 is 0 Å². The van der Waals surface area contributed by atoms with Crippen molar-refractivity contribution in [3.63, 3.8) is 0 Å². The molecule has 0 spiro atoms. The second kappa shape index (κ2) is 4.47. The predicted octanol–water partition coefficient (Wildman–Crippen LogP) is 0.539. The highest BCUT2D eigenvalue weighted by Gasteiger charge is 2.43. The highest BCUT2D eigenvalue weighted by Crippen LogP contribution is 2.50. The highest BCUT2D eigenvalue weighted by atomic mass is 32.2. The van der Waals surface area contributed by atoms with Crippen LogP contribution in [0.15, 0.2) is 0 Å². The smallest absolute Gasteiger partial charge is 0.290 e. The van der Waals surface area contributed by atoms with Crippen LogP contribution in [0.5, 0.6) is 0 Å². The quantitative estimate of drug-likeness (QED) is 0.688. The largest absolute Gasteiger partial charge is 0.474 e. The van der Waals surface area contributed by atoms with Crippen LogP contribution in [-0.2, 0) is 28.0 Å². The van der Waals surface area contributed by atoms with E-state index in [1.807, 2.05) is 0 Å². The summed E-state index contributed by atoms with van der Waals surface area (Å²) in [5, 5.41) is 0. The van der Waals surface area contributed by atoms with Gasteiger partial charge in [0.15, 0.2) is 9.84 Å². The molecule has 0 radical (unpaired) electrons. The van der Waals surface area contributed by atoms with Crippen LogP contribution in [0.1, 0.15) is 0 Å². The molecule has 1 fully saturated rings. The lowest BCUT2D eigenvalue weighted by Crippen LogP contribution is -2.22. The molecule has 1 aliphatic heterocycles. The summed E-state index contributed by atoms with van der Waals surface area (Å²) in [4.78, 5) is 0. The summed E-state index contributed by atoms with van der Waals surface area (Å²) in [7, 11) is -5.15. The van der Waals surface area contributed by atoms with Crippen LogP contribution in [0, 0.1) is 0 Å². The molecule has 2 atom stereocenters. The number of alkyl halides is 1. The average Bonchev–Trinajstić information content (AvgIpc) is 2.39. The minimum Gasteiger partial charge on any atom is -0.290 e. The molecule has 1 saturated heterocycles. The third kappa shape index (κ3) is 3.22. The molecule has 15 heavy (non-hydrogen) atoms. The predicted molar refractivity (Wildman–Crippen MR) is 50.0 cm³/mol. The number of hydrogen-bond acceptors (Lipinski definition) is 6. The van der Waals surface area contributed by atoms with Crippen LogP contribution in [0.2, 0.25) is 0 Å². The maximum atomic E-state index is 13.2. The van der Waals surface area contributed by atoms with E-state index in [4.69, 9.17) is 4.52 Å². The summed E-state index contributed by atoms with van der Waals surface area (Å²) in [6, 6.07) is 0. The van der Waals surface area contributed by atoms with E-state index in [9.17, 15) is 17.4 Å². The molecule has 1 heterocycles. The van der Waals surface area contributed by atoms with E-state index in [1.54, 1.807) is 0 Å². The molecule has 0 aromatic rings. The molecule has 0 aliphatic carbocycles. The maximum Gasteiger partial charge on any atom is 0.474 e. The Morgan fingerprint density at radius 2 is 1.80 bits per heavy atom. The lowest BCUT2D eigenvalue weighted by atomic mass is 10.3. The van der Waals surface area contributed by atoms with Crippen LogP contribution >= 0.6 is 7.82 Å². The molecule has 1 rings (SSSR count). The molecule has 0 N–H and O–H groups in total. The van der Waals surface area contributed by atoms with Crippen LogP contribution in [-0.4, -0.2) is 46.4 Å². The van der Waals surface area contributed by atoms with Crippen molar-refractivity contribution in [3.05, 3.63) is 0 Å². The Labute approximate surface area is 87.2 Å². The van der Waals surface area contributed by atoms with Crippen molar-refractivity contribution >= 4 is 17.7 Å². The fourth-order valence-electron chi connectivity index (χ4n) is 1.20. The Bertz CT molecular complexity index is 360. The topological polar surface area (TPSA) is 78.9 Å². The minimum absolute atomic E-state index is 0.509. The van der Waals surface area contributed by atoms with Crippen molar-refractivity contribution in [1.29, 1.82) is 0 Å². The Balaban J connectivity index is 2.72. The monoisotopic (exact) mass is 262 g/mol. The summed E-state index contributed by atoms with van der Waals surface area (Å²) in [5.41, 5.74) is 0. The standard InChI is InChI=1S/C6H12FO6PS/c1-11-14(8,12-2)13-6-4-15(9,10)3-5(6)7/h5-6H,3-4H2,1-2H3. The first-order valence-corrected chi connectivity index (χ1v) is 7.34. The van der Waals surface area contributed by atoms with Crippen molar-refractivity contribution < 1.29 is 30.9 Å². The van der Waals surface area contributed by atoms with Crippen LogP contribution in [0.3, 0.4) is 0 Å². The van der Waals surface area contributed by atoms with Crippen LogP contribution < -0.4 is 0 Å². The number of rotatable bonds is 4. The lowest BCUT2D eigenvalue weighted by molar-refractivity contribution is 0.0781. The van der Waals surface area contributed by atoms with Gasteiger partial charge in [0.05, 0.1) is 11.5 Å². The summed E-state index contributed by atoms with van der Waals surface area (Å²) in [6.45, 7) is 0. The molecule has 0 saturated carbocycles. The van der Waals surface area contributed by atoms with Gasteiger partial charge in [-0.15, -0.1) is 0 Å². The van der Waals surface area contributed by atoms with Crippen molar-refractivity contribution in [3.8, 4) is 0 Å². The second-order valence-electron chi connectivity index (χ2n) is 3.05. The fraction of sp³-hybridized carbons (Fsp3) is 1.00. The van der Waals surface area contributed by atoms with Gasteiger partial charge in [0, 0.05) is 14.2 Å². The number of phosphoric acid groups is 1. The molecule has 0 aromatic carbocycles. The fourth-order valence-corrected chi connectivity index (χ4v) is 3.77. The van der Waals surface area contributed by atoms with Gasteiger partial charge in [0.25, 0.3) is 0 Å². The number of hydrogen-bond donors (Lipinski definition) is 0. The van der Waals surface area contributed by atoms with Gasteiger partial charge in [-0.05, 0) is 0 Å². The first kappa shape index (κ1) is 13.1. The van der Waals surface area contributed by atoms with Gasteiger partial charge in [0.2, 0.25) is 0 Å². The van der Waals surface area contributed by atoms with Crippen molar-refractivity contribution in [2.45, 2.75) is 12.3 Å². The Morgan fingerprint density at radius 3 is 2.13 bits per heavy atom. The first-order chi connectivity index (χ1) is 6.82. The van der Waals surface area contributed by atoms with Gasteiger partial charge in [-0.1, -0.05) is 0 Å². The third-order valence-electron chi connectivity index (χ3n) is 1.95. The zero-order valence-electron chi connectivity index (χ0n) is 8.25. The van der Waals surface area contributed by atoms with E-state index in [-0.39, 0.29) is 0 Å². The highest BCUT2D eigenvalue weighted by molar-refractivity contribution is 7.91. The summed E-state index contributed by atoms with van der Waals surface area (Å²) >= 11 is 0. The van der Waals surface area contributed by atoms with Gasteiger partial charge in [-0.25, -0.2) is 17.4 Å². The molecule has 90 valence electrons. The van der Waals surface area contributed by atoms with Crippen molar-refractivity contribution in [1.82, 2.24) is 0 Å². The lowest BCUT2D eigenvalue weighted by Gasteiger charge is -2.18. The van der Waals surface area contributed by atoms with Gasteiger partial charge in [0.1, 0.15) is 12.3 Å². The van der Waals surface area contributed by atoms with E-state index >= 15 is 0 Å². The van der Waals surface area contributed by atoms with Crippen molar-refractivity contribution in [2.75, 3.05) is 25.7 Å². The van der Waals surface area contributed by atoms with E-state index in [0.29, 0.717) is 0 Å². The Kier molecular flexibility index (Phi) is 3.89. The maximum absolute atomic E-state index is 13.2. The van der Waals surface area contributed by atoms with E-state index in [2.05, 4.69) is 9.05 Å². The van der Waals surface area contributed by atoms with Gasteiger partial charge >= 0.3 is 7.82 Å². The molecule has 9 heteroatoms. The summed E-state index contributed by atoms with van der Waals surface area (Å²) < 4.78 is 60.2. The zero-order valence-corrected chi connectivity index (χ0v) is 9.96. The second-order valence-corrected chi connectivity index (χ2v) is 7.04. The molecule has 0 aromatic heterocycles. The molecule has 0 amide bonds. The van der Waals surface area contributed by atoms with Crippen molar-refractivity contribution in [2.24, 2.45) is 0 Å². The van der Waals surface area contributed by atoms with Crippen LogP contribution in [0.25, 0.3) is 0 Å². The zero-order chi connectivity index (χ0) is 11.7. The van der Waals surface area contributed by atoms with Gasteiger partial charge in [-0.2, -0.15) is 0 Å².